The topological polar surface area (TPSA) is 119 Å². The zero-order valence-corrected chi connectivity index (χ0v) is 22.3. The molecule has 2 atom stereocenters. The Morgan fingerprint density at radius 3 is 2.67 bits per heavy atom. The first-order valence-electron chi connectivity index (χ1n) is 14.0. The zero-order valence-electron chi connectivity index (χ0n) is 22.3. The summed E-state index contributed by atoms with van der Waals surface area (Å²) in [6.45, 7) is 2.81. The molecule has 3 aromatic rings. The summed E-state index contributed by atoms with van der Waals surface area (Å²) in [5.74, 6) is -0.398. The SMILES string of the molecule is O=C(c1ccc2cc[nH]c2c1)N1CCCCC2(CCN(Cc3ccccn3)CC2)C(=O)OC[C@@H](O)[C@@H](O)CC1. The summed E-state index contributed by atoms with van der Waals surface area (Å²) in [5, 5.41) is 22.1. The number of cyclic esters (lactones) is 1. The summed E-state index contributed by atoms with van der Waals surface area (Å²) in [5.41, 5.74) is 1.85. The molecule has 0 unspecified atom stereocenters. The minimum atomic E-state index is -1.21. The molecular weight excluding hydrogens is 496 g/mol. The number of aromatic amines is 1. The first kappa shape index (κ1) is 27.3. The Morgan fingerprint density at radius 1 is 1.03 bits per heavy atom. The number of nitrogens with one attached hydrogen (secondary N) is 1. The molecule has 2 aromatic heterocycles. The number of hydrogen-bond acceptors (Lipinski definition) is 7. The van der Waals surface area contributed by atoms with Crippen molar-refractivity contribution in [2.24, 2.45) is 5.41 Å². The number of benzene rings is 1. The van der Waals surface area contributed by atoms with E-state index in [0.717, 1.165) is 49.1 Å². The number of rotatable bonds is 3. The number of hydrogen-bond donors (Lipinski definition) is 3. The van der Waals surface area contributed by atoms with E-state index in [9.17, 15) is 19.8 Å². The standard InChI is InChI=1S/C30H38N4O5/c35-26-9-16-34(28(37)23-7-6-22-8-14-32-25(22)19-23)15-4-2-10-30(29(38)39-21-27(26)36)11-17-33(18-12-30)20-24-5-1-3-13-31-24/h1,3,5-8,13-14,19,26-27,32,35-36H,2,4,9-12,15-18,20-21H2/t26-,27+/m0/s1. The third-order valence-corrected chi connectivity index (χ3v) is 8.30. The van der Waals surface area contributed by atoms with E-state index in [1.54, 1.807) is 11.1 Å². The van der Waals surface area contributed by atoms with Gasteiger partial charge in [-0.25, -0.2) is 0 Å². The van der Waals surface area contributed by atoms with Gasteiger partial charge < -0.3 is 24.8 Å². The maximum atomic E-state index is 13.5. The first-order valence-corrected chi connectivity index (χ1v) is 14.0. The van der Waals surface area contributed by atoms with Gasteiger partial charge >= 0.3 is 5.97 Å². The molecule has 9 heteroatoms. The van der Waals surface area contributed by atoms with Crippen LogP contribution in [0.3, 0.4) is 0 Å². The summed E-state index contributed by atoms with van der Waals surface area (Å²) in [4.78, 5) is 38.4. The molecule has 9 nitrogen and oxygen atoms in total. The molecule has 2 fully saturated rings. The largest absolute Gasteiger partial charge is 0.462 e. The van der Waals surface area contributed by atoms with E-state index in [0.29, 0.717) is 37.9 Å². The quantitative estimate of drug-likeness (QED) is 0.442. The summed E-state index contributed by atoms with van der Waals surface area (Å²) >= 11 is 0. The average molecular weight is 535 g/mol. The molecule has 4 heterocycles. The number of esters is 1. The van der Waals surface area contributed by atoms with Gasteiger partial charge in [0.25, 0.3) is 5.91 Å². The van der Waals surface area contributed by atoms with Crippen LogP contribution in [0.5, 0.6) is 0 Å². The second-order valence-electron chi connectivity index (χ2n) is 10.9. The maximum Gasteiger partial charge on any atom is 0.312 e. The number of H-pyrrole nitrogens is 1. The number of aliphatic hydroxyl groups is 2. The van der Waals surface area contributed by atoms with Crippen LogP contribution in [0.4, 0.5) is 0 Å². The molecule has 1 amide bonds. The van der Waals surface area contributed by atoms with Crippen molar-refractivity contribution in [1.29, 1.82) is 0 Å². The Balaban J connectivity index is 1.27. The summed E-state index contributed by atoms with van der Waals surface area (Å²) < 4.78 is 5.60. The minimum Gasteiger partial charge on any atom is -0.462 e. The van der Waals surface area contributed by atoms with Gasteiger partial charge in [0, 0.05) is 43.1 Å². The third kappa shape index (κ3) is 6.49. The Hall–Kier alpha value is -3.27. The van der Waals surface area contributed by atoms with E-state index in [1.165, 1.54) is 0 Å². The fourth-order valence-electron chi connectivity index (χ4n) is 5.77. The van der Waals surface area contributed by atoms with Gasteiger partial charge in [0.05, 0.1) is 17.2 Å². The van der Waals surface area contributed by atoms with Crippen LogP contribution in [0.1, 0.15) is 54.6 Å². The number of aromatic nitrogens is 2. The van der Waals surface area contributed by atoms with Crippen molar-refractivity contribution in [1.82, 2.24) is 19.8 Å². The Bertz CT molecular complexity index is 1250. The van der Waals surface area contributed by atoms with Gasteiger partial charge in [0.15, 0.2) is 0 Å². The number of carbonyl (C=O) groups excluding carboxylic acids is 2. The lowest BCUT2D eigenvalue weighted by Gasteiger charge is -2.40. The number of pyridine rings is 1. The molecule has 0 bridgehead atoms. The first-order chi connectivity index (χ1) is 18.9. The monoisotopic (exact) mass is 534 g/mol. The number of ether oxygens (including phenoxy) is 1. The average Bonchev–Trinajstić information content (AvgIpc) is 3.44. The fraction of sp³-hybridized carbons (Fsp3) is 0.500. The van der Waals surface area contributed by atoms with Gasteiger partial charge in [-0.2, -0.15) is 0 Å². The second kappa shape index (κ2) is 12.3. The molecule has 5 rings (SSSR count). The van der Waals surface area contributed by atoms with Crippen LogP contribution in [0.15, 0.2) is 54.9 Å². The molecule has 39 heavy (non-hydrogen) atoms. The van der Waals surface area contributed by atoms with Crippen molar-refractivity contribution in [3.8, 4) is 0 Å². The molecule has 1 spiro atoms. The second-order valence-corrected chi connectivity index (χ2v) is 10.9. The highest BCUT2D eigenvalue weighted by molar-refractivity contribution is 5.97. The predicted molar refractivity (Wildman–Crippen MR) is 147 cm³/mol. The van der Waals surface area contributed by atoms with Gasteiger partial charge in [-0.1, -0.05) is 18.6 Å². The molecule has 1 aromatic carbocycles. The van der Waals surface area contributed by atoms with E-state index < -0.39 is 17.6 Å². The molecule has 2 aliphatic rings. The van der Waals surface area contributed by atoms with E-state index >= 15 is 0 Å². The van der Waals surface area contributed by atoms with Crippen LogP contribution >= 0.6 is 0 Å². The van der Waals surface area contributed by atoms with Gasteiger partial charge in [-0.15, -0.1) is 0 Å². The normalized spacial score (nSPS) is 23.5. The van der Waals surface area contributed by atoms with Gasteiger partial charge in [0.1, 0.15) is 12.7 Å². The smallest absolute Gasteiger partial charge is 0.312 e. The van der Waals surface area contributed by atoms with Gasteiger partial charge in [-0.05, 0) is 80.9 Å². The molecule has 0 saturated carbocycles. The van der Waals surface area contributed by atoms with Crippen molar-refractivity contribution in [2.45, 2.75) is 57.3 Å². The van der Waals surface area contributed by atoms with Crippen molar-refractivity contribution in [3.63, 3.8) is 0 Å². The molecule has 3 N–H and O–H groups in total. The molecule has 0 radical (unpaired) electrons. The maximum absolute atomic E-state index is 13.5. The van der Waals surface area contributed by atoms with Crippen molar-refractivity contribution in [3.05, 3.63) is 66.1 Å². The number of piperidine rings is 1. The highest BCUT2D eigenvalue weighted by Gasteiger charge is 2.42. The van der Waals surface area contributed by atoms with Gasteiger partial charge in [0.2, 0.25) is 0 Å². The highest BCUT2D eigenvalue weighted by Crippen LogP contribution is 2.38. The number of fused-ring (bicyclic) bond motifs is 1. The zero-order chi connectivity index (χ0) is 27.2. The van der Waals surface area contributed by atoms with E-state index in [1.807, 2.05) is 48.7 Å². The molecular formula is C30H38N4O5. The number of nitrogens with zero attached hydrogens (tertiary/aromatic N) is 3. The Labute approximate surface area is 228 Å². The highest BCUT2D eigenvalue weighted by atomic mass is 16.5. The predicted octanol–water partition coefficient (Wildman–Crippen LogP) is 3.13. The van der Waals surface area contributed by atoms with Crippen molar-refractivity contribution >= 4 is 22.8 Å². The van der Waals surface area contributed by atoms with Crippen LogP contribution in [-0.4, -0.2) is 86.9 Å². The number of likely N-dealkylation sites (tertiary alicyclic amines) is 1. The van der Waals surface area contributed by atoms with E-state index in [2.05, 4.69) is 14.9 Å². The molecule has 208 valence electrons. The van der Waals surface area contributed by atoms with Crippen molar-refractivity contribution < 1.29 is 24.5 Å². The molecule has 0 aliphatic carbocycles. The fourth-order valence-corrected chi connectivity index (χ4v) is 5.77. The van der Waals surface area contributed by atoms with E-state index in [-0.39, 0.29) is 24.9 Å². The van der Waals surface area contributed by atoms with E-state index in [4.69, 9.17) is 4.74 Å². The van der Waals surface area contributed by atoms with Crippen LogP contribution in [0, 0.1) is 5.41 Å². The van der Waals surface area contributed by atoms with Gasteiger partial charge in [-0.3, -0.25) is 19.5 Å². The van der Waals surface area contributed by atoms with Crippen molar-refractivity contribution in [2.75, 3.05) is 32.8 Å². The lowest BCUT2D eigenvalue weighted by Crippen LogP contribution is -2.46. The summed E-state index contributed by atoms with van der Waals surface area (Å²) in [7, 11) is 0. The Morgan fingerprint density at radius 2 is 1.87 bits per heavy atom. The number of amides is 1. The molecule has 2 aliphatic heterocycles. The van der Waals surface area contributed by atoms with Crippen LogP contribution in [0.2, 0.25) is 0 Å². The van der Waals surface area contributed by atoms with Crippen LogP contribution < -0.4 is 0 Å². The summed E-state index contributed by atoms with van der Waals surface area (Å²) in [6, 6.07) is 13.4. The summed E-state index contributed by atoms with van der Waals surface area (Å²) in [6.07, 6.45) is 5.03. The number of carbonyl (C=O) groups is 2. The van der Waals surface area contributed by atoms with Crippen LogP contribution in [0.25, 0.3) is 10.9 Å². The lowest BCUT2D eigenvalue weighted by atomic mass is 9.74. The third-order valence-electron chi connectivity index (χ3n) is 8.30. The molecule has 2 saturated heterocycles. The lowest BCUT2D eigenvalue weighted by molar-refractivity contribution is -0.165. The Kier molecular flexibility index (Phi) is 8.60. The minimum absolute atomic E-state index is 0.104. The van der Waals surface area contributed by atoms with Crippen LogP contribution in [-0.2, 0) is 16.1 Å². The number of aliphatic hydroxyl groups excluding tert-OH is 2.